The molecule has 9 heteroatoms. The fourth-order valence-electron chi connectivity index (χ4n) is 4.27. The Kier molecular flexibility index (Phi) is 5.89. The maximum atomic E-state index is 12.7. The van der Waals surface area contributed by atoms with Gasteiger partial charge in [-0.05, 0) is 49.8 Å². The van der Waals surface area contributed by atoms with E-state index in [-0.39, 0.29) is 11.8 Å². The van der Waals surface area contributed by atoms with Crippen molar-refractivity contribution in [2.45, 2.75) is 30.7 Å². The molecule has 3 aromatic heterocycles. The van der Waals surface area contributed by atoms with Crippen LogP contribution in [0.15, 0.2) is 52.9 Å². The Hall–Kier alpha value is -3.20. The zero-order valence-corrected chi connectivity index (χ0v) is 18.4. The number of nitrogens with one attached hydrogen (secondary N) is 1. The zero-order chi connectivity index (χ0) is 21.9. The maximum absolute atomic E-state index is 12.7. The molecule has 5 rings (SSSR count). The van der Waals surface area contributed by atoms with Gasteiger partial charge in [-0.25, -0.2) is 9.97 Å². The molecule has 0 spiro atoms. The first-order valence-corrected chi connectivity index (χ1v) is 11.7. The Balaban J connectivity index is 1.06. The van der Waals surface area contributed by atoms with Crippen LogP contribution in [0.1, 0.15) is 41.9 Å². The number of aromatic nitrogens is 4. The number of carbonyl (C=O) groups is 2. The van der Waals surface area contributed by atoms with Crippen molar-refractivity contribution in [3.8, 4) is 0 Å². The molecule has 2 aliphatic heterocycles. The van der Waals surface area contributed by atoms with Crippen LogP contribution >= 0.6 is 11.8 Å². The van der Waals surface area contributed by atoms with Crippen molar-refractivity contribution in [3.63, 3.8) is 0 Å². The summed E-state index contributed by atoms with van der Waals surface area (Å²) in [6.07, 6.45) is 12.3. The van der Waals surface area contributed by atoms with Crippen LogP contribution in [-0.4, -0.2) is 55.7 Å². The number of nitrogens with zero attached hydrogens (tertiary/aromatic N) is 5. The van der Waals surface area contributed by atoms with Crippen molar-refractivity contribution >= 4 is 35.3 Å². The number of thioether (sulfide) groups is 1. The maximum Gasteiger partial charge on any atom is 0.274 e. The summed E-state index contributed by atoms with van der Waals surface area (Å²) in [4.78, 5) is 40.2. The lowest BCUT2D eigenvalue weighted by Gasteiger charge is -2.31. The highest BCUT2D eigenvalue weighted by Crippen LogP contribution is 2.34. The second-order valence-corrected chi connectivity index (χ2v) is 9.14. The van der Waals surface area contributed by atoms with Gasteiger partial charge in [-0.3, -0.25) is 19.0 Å². The molecule has 0 bridgehead atoms. The van der Waals surface area contributed by atoms with Crippen LogP contribution in [-0.2, 0) is 4.79 Å². The van der Waals surface area contributed by atoms with Gasteiger partial charge in [-0.15, -0.1) is 0 Å². The van der Waals surface area contributed by atoms with E-state index in [1.165, 1.54) is 18.0 Å². The summed E-state index contributed by atoms with van der Waals surface area (Å²) in [6.45, 7) is 2.14. The third-order valence-electron chi connectivity index (χ3n) is 6.00. The molecule has 3 aromatic rings. The van der Waals surface area contributed by atoms with E-state index in [1.54, 1.807) is 18.6 Å². The van der Waals surface area contributed by atoms with Crippen molar-refractivity contribution in [2.24, 2.45) is 5.92 Å². The predicted octanol–water partition coefficient (Wildman–Crippen LogP) is 3.02. The third kappa shape index (κ3) is 4.25. The quantitative estimate of drug-likeness (QED) is 0.583. The average molecular weight is 449 g/mol. The van der Waals surface area contributed by atoms with Crippen LogP contribution in [0.4, 0.5) is 0 Å². The van der Waals surface area contributed by atoms with E-state index in [1.807, 2.05) is 29.2 Å². The van der Waals surface area contributed by atoms with Crippen LogP contribution in [0.25, 0.3) is 11.7 Å². The van der Waals surface area contributed by atoms with E-state index in [0.29, 0.717) is 23.1 Å². The van der Waals surface area contributed by atoms with Gasteiger partial charge < -0.3 is 10.2 Å². The van der Waals surface area contributed by atoms with Crippen LogP contribution in [0, 0.1) is 5.92 Å². The van der Waals surface area contributed by atoms with Gasteiger partial charge in [0.05, 0.1) is 28.0 Å². The van der Waals surface area contributed by atoms with Crippen LogP contribution < -0.4 is 5.32 Å². The van der Waals surface area contributed by atoms with Gasteiger partial charge in [0.1, 0.15) is 11.3 Å². The minimum absolute atomic E-state index is 0.0381. The predicted molar refractivity (Wildman–Crippen MR) is 122 cm³/mol. The van der Waals surface area contributed by atoms with E-state index in [9.17, 15) is 9.59 Å². The van der Waals surface area contributed by atoms with Gasteiger partial charge in [-0.2, -0.15) is 0 Å². The van der Waals surface area contributed by atoms with Gasteiger partial charge in [0, 0.05) is 32.0 Å². The highest BCUT2D eigenvalue weighted by Gasteiger charge is 2.24. The van der Waals surface area contributed by atoms with Crippen LogP contribution in [0.3, 0.4) is 0 Å². The number of imidazole rings is 1. The lowest BCUT2D eigenvalue weighted by Crippen LogP contribution is -2.39. The Bertz CT molecular complexity index is 1170. The van der Waals surface area contributed by atoms with E-state index in [4.69, 9.17) is 0 Å². The first-order chi connectivity index (χ1) is 15.7. The number of amides is 2. The summed E-state index contributed by atoms with van der Waals surface area (Å²) in [5.41, 5.74) is 2.23. The molecular formula is C23H24N6O2S. The Morgan fingerprint density at radius 2 is 2.00 bits per heavy atom. The number of carbonyl (C=O) groups excluding carboxylic acids is 2. The summed E-state index contributed by atoms with van der Waals surface area (Å²) in [7, 11) is 0. The molecule has 5 heterocycles. The smallest absolute Gasteiger partial charge is 0.274 e. The normalized spacial score (nSPS) is 16.1. The summed E-state index contributed by atoms with van der Waals surface area (Å²) in [5, 5.41) is 4.06. The van der Waals surface area contributed by atoms with E-state index >= 15 is 0 Å². The largest absolute Gasteiger partial charge is 0.352 e. The Morgan fingerprint density at radius 1 is 1.12 bits per heavy atom. The van der Waals surface area contributed by atoms with Crippen LogP contribution in [0.2, 0.25) is 0 Å². The van der Waals surface area contributed by atoms with E-state index in [0.717, 1.165) is 55.1 Å². The molecule has 1 saturated heterocycles. The lowest BCUT2D eigenvalue weighted by atomic mass is 9.92. The van der Waals surface area contributed by atoms with Crippen LogP contribution in [0.5, 0.6) is 0 Å². The number of pyridine rings is 1. The standard InChI is InChI=1S/C23H24N6O2S/c30-22(19-13-17-14-27-20-4-1-5-21(32-19)29(17)20)26-8-2-3-16-6-11-28(12-7-16)23(31)18-15-24-9-10-25-18/h1,4-5,9-10,13-16H,2-3,6-8,11-12H2,(H,26,30). The number of hydrogen-bond donors (Lipinski definition) is 1. The Morgan fingerprint density at radius 3 is 2.81 bits per heavy atom. The topological polar surface area (TPSA) is 92.5 Å². The molecule has 0 saturated carbocycles. The SMILES string of the molecule is O=C(NCCCC1CCN(C(=O)c2cnccn2)CC1)C1=Cc2cnc3cccc(n23)S1. The van der Waals surface area contributed by atoms with Crippen molar-refractivity contribution < 1.29 is 9.59 Å². The van der Waals surface area contributed by atoms with Crippen molar-refractivity contribution in [1.82, 2.24) is 29.6 Å². The first kappa shape index (κ1) is 20.7. The van der Waals surface area contributed by atoms with E-state index in [2.05, 4.69) is 24.7 Å². The van der Waals surface area contributed by atoms with Crippen molar-refractivity contribution in [2.75, 3.05) is 19.6 Å². The minimum atomic E-state index is -0.0425. The van der Waals surface area contributed by atoms with Crippen molar-refractivity contribution in [3.05, 3.63) is 59.3 Å². The molecule has 0 aromatic carbocycles. The second kappa shape index (κ2) is 9.12. The molecule has 0 aliphatic carbocycles. The molecule has 164 valence electrons. The molecule has 0 radical (unpaired) electrons. The first-order valence-electron chi connectivity index (χ1n) is 10.9. The van der Waals surface area contributed by atoms with Gasteiger partial charge >= 0.3 is 0 Å². The highest BCUT2D eigenvalue weighted by molar-refractivity contribution is 8.04. The van der Waals surface area contributed by atoms with Gasteiger partial charge in [0.15, 0.2) is 0 Å². The number of piperidine rings is 1. The van der Waals surface area contributed by atoms with E-state index < -0.39 is 0 Å². The number of hydrogen-bond acceptors (Lipinski definition) is 6. The second-order valence-electron chi connectivity index (χ2n) is 8.08. The van der Waals surface area contributed by atoms with Gasteiger partial charge in [0.2, 0.25) is 0 Å². The Labute approximate surface area is 190 Å². The minimum Gasteiger partial charge on any atom is -0.352 e. The molecule has 2 amide bonds. The summed E-state index contributed by atoms with van der Waals surface area (Å²) in [5.74, 6) is 0.496. The summed E-state index contributed by atoms with van der Waals surface area (Å²) < 4.78 is 2.06. The fraction of sp³-hybridized carbons (Fsp3) is 0.348. The highest BCUT2D eigenvalue weighted by atomic mass is 32.2. The molecule has 0 atom stereocenters. The molecule has 2 aliphatic rings. The summed E-state index contributed by atoms with van der Waals surface area (Å²) in [6, 6.07) is 5.93. The molecule has 1 N–H and O–H groups in total. The fourth-order valence-corrected chi connectivity index (χ4v) is 5.28. The average Bonchev–Trinajstić information content (AvgIpc) is 3.27. The molecule has 1 fully saturated rings. The summed E-state index contributed by atoms with van der Waals surface area (Å²) >= 11 is 1.47. The van der Waals surface area contributed by atoms with Gasteiger partial charge in [0.25, 0.3) is 11.8 Å². The number of rotatable bonds is 6. The molecule has 8 nitrogen and oxygen atoms in total. The van der Waals surface area contributed by atoms with Gasteiger partial charge in [-0.1, -0.05) is 17.8 Å². The van der Waals surface area contributed by atoms with Crippen molar-refractivity contribution in [1.29, 1.82) is 0 Å². The monoisotopic (exact) mass is 448 g/mol. The third-order valence-corrected chi connectivity index (χ3v) is 7.05. The zero-order valence-electron chi connectivity index (χ0n) is 17.6. The molecule has 32 heavy (non-hydrogen) atoms. The molecular weight excluding hydrogens is 424 g/mol. The molecule has 0 unspecified atom stereocenters. The number of likely N-dealkylation sites (tertiary alicyclic amines) is 1. The lowest BCUT2D eigenvalue weighted by molar-refractivity contribution is -0.116.